The molecule has 0 bridgehead atoms. The van der Waals surface area contributed by atoms with Crippen LogP contribution in [0.1, 0.15) is 77.6 Å². The number of hydrogen-bond acceptors (Lipinski definition) is 4. The van der Waals surface area contributed by atoms with Gasteiger partial charge in [0.1, 0.15) is 0 Å². The summed E-state index contributed by atoms with van der Waals surface area (Å²) in [5.41, 5.74) is 0. The van der Waals surface area contributed by atoms with Crippen molar-refractivity contribution >= 4 is 6.41 Å². The normalized spacial score (nSPS) is 15.3. The van der Waals surface area contributed by atoms with Gasteiger partial charge in [-0.05, 0) is 6.42 Å². The van der Waals surface area contributed by atoms with Crippen LogP contribution in [0.4, 0.5) is 0 Å². The zero-order valence-electron chi connectivity index (χ0n) is 15.2. The molecule has 0 saturated carbocycles. The molecule has 0 radical (unpaired) electrons. The van der Waals surface area contributed by atoms with Crippen molar-refractivity contribution in [3.63, 3.8) is 0 Å². The predicted octanol–water partition coefficient (Wildman–Crippen LogP) is 2.68. The quantitative estimate of drug-likeness (QED) is 0.186. The molecule has 5 nitrogen and oxygen atoms in total. The van der Waals surface area contributed by atoms with Gasteiger partial charge in [0.15, 0.2) is 0 Å². The third-order valence-corrected chi connectivity index (χ3v) is 4.27. The van der Waals surface area contributed by atoms with Gasteiger partial charge in [-0.3, -0.25) is 4.79 Å². The number of nitrogens with one attached hydrogen (secondary N) is 1. The Morgan fingerprint density at radius 2 is 1.42 bits per heavy atom. The Hall–Kier alpha value is -0.910. The van der Waals surface area contributed by atoms with Crippen molar-refractivity contribution in [3.05, 3.63) is 12.2 Å². The zero-order chi connectivity index (χ0) is 18.0. The lowest BCUT2D eigenvalue weighted by atomic mass is 10.0. The first kappa shape index (κ1) is 23.1. The van der Waals surface area contributed by atoms with Gasteiger partial charge in [0.2, 0.25) is 6.41 Å². The molecule has 0 aliphatic heterocycles. The highest BCUT2D eigenvalue weighted by Gasteiger charge is 2.14. The summed E-state index contributed by atoms with van der Waals surface area (Å²) in [6, 6.07) is -0.733. The van der Waals surface area contributed by atoms with E-state index in [1.807, 2.05) is 0 Å². The van der Waals surface area contributed by atoms with Gasteiger partial charge in [0, 0.05) is 0 Å². The van der Waals surface area contributed by atoms with Crippen molar-refractivity contribution in [1.82, 2.24) is 5.32 Å². The van der Waals surface area contributed by atoms with Crippen molar-refractivity contribution in [2.75, 3.05) is 6.61 Å². The van der Waals surface area contributed by atoms with Gasteiger partial charge in [0.05, 0.1) is 24.9 Å². The van der Waals surface area contributed by atoms with E-state index in [1.54, 1.807) is 0 Å². The molecule has 0 aliphatic rings. The van der Waals surface area contributed by atoms with Crippen LogP contribution in [0, 0.1) is 0 Å². The van der Waals surface area contributed by atoms with Crippen LogP contribution in [0.15, 0.2) is 12.2 Å². The minimum atomic E-state index is -0.998. The van der Waals surface area contributed by atoms with Crippen molar-refractivity contribution in [1.29, 1.82) is 0 Å². The fraction of sp³-hybridized carbons (Fsp3) is 0.842. The maximum Gasteiger partial charge on any atom is 0.207 e. The first-order valence-electron chi connectivity index (χ1n) is 9.50. The van der Waals surface area contributed by atoms with Crippen molar-refractivity contribution < 1.29 is 20.1 Å². The van der Waals surface area contributed by atoms with Crippen LogP contribution in [-0.4, -0.2) is 46.6 Å². The van der Waals surface area contributed by atoms with Gasteiger partial charge < -0.3 is 20.6 Å². The number of aliphatic hydroxyl groups is 3. The third kappa shape index (κ3) is 13.5. The second-order valence-corrected chi connectivity index (χ2v) is 6.49. The summed E-state index contributed by atoms with van der Waals surface area (Å²) >= 11 is 0. The molecule has 5 heteroatoms. The molecule has 3 atom stereocenters. The Balaban J connectivity index is 3.59. The highest BCUT2D eigenvalue weighted by Crippen LogP contribution is 2.12. The highest BCUT2D eigenvalue weighted by molar-refractivity contribution is 5.47. The van der Waals surface area contributed by atoms with Crippen LogP contribution in [-0.2, 0) is 4.79 Å². The average molecular weight is 344 g/mol. The fourth-order valence-electron chi connectivity index (χ4n) is 2.66. The van der Waals surface area contributed by atoms with Crippen molar-refractivity contribution in [2.24, 2.45) is 0 Å². The maximum absolute atomic E-state index is 10.3. The maximum atomic E-state index is 10.3. The summed E-state index contributed by atoms with van der Waals surface area (Å²) in [6.45, 7) is 1.89. The molecular weight excluding hydrogens is 306 g/mol. The van der Waals surface area contributed by atoms with Gasteiger partial charge in [-0.15, -0.1) is 0 Å². The van der Waals surface area contributed by atoms with E-state index in [2.05, 4.69) is 12.2 Å². The molecule has 0 heterocycles. The first-order chi connectivity index (χ1) is 11.7. The van der Waals surface area contributed by atoms with E-state index >= 15 is 0 Å². The number of aliphatic hydroxyl groups excluding tert-OH is 3. The lowest BCUT2D eigenvalue weighted by Gasteiger charge is -2.17. The van der Waals surface area contributed by atoms with Crippen molar-refractivity contribution in [2.45, 2.75) is 95.8 Å². The van der Waals surface area contributed by atoms with Crippen molar-refractivity contribution in [3.8, 4) is 0 Å². The summed E-state index contributed by atoms with van der Waals surface area (Å²) in [7, 11) is 0. The van der Waals surface area contributed by atoms with Crippen LogP contribution >= 0.6 is 0 Å². The molecule has 4 N–H and O–H groups in total. The molecule has 0 aromatic heterocycles. The molecule has 0 aromatic carbocycles. The molecule has 0 saturated heterocycles. The lowest BCUT2D eigenvalue weighted by Crippen LogP contribution is -2.41. The van der Waals surface area contributed by atoms with Crippen LogP contribution in [0.3, 0.4) is 0 Å². The summed E-state index contributed by atoms with van der Waals surface area (Å²) < 4.78 is 0. The Morgan fingerprint density at radius 1 is 0.875 bits per heavy atom. The van der Waals surface area contributed by atoms with E-state index in [1.165, 1.54) is 63.5 Å². The monoisotopic (exact) mass is 343 g/mol. The van der Waals surface area contributed by atoms with E-state index in [4.69, 9.17) is 5.11 Å². The summed E-state index contributed by atoms with van der Waals surface area (Å²) in [5, 5.41) is 31.0. The lowest BCUT2D eigenvalue weighted by molar-refractivity contribution is -0.111. The molecule has 0 rings (SSSR count). The van der Waals surface area contributed by atoms with E-state index in [0.717, 1.165) is 12.8 Å². The molecule has 0 unspecified atom stereocenters. The molecule has 0 aliphatic carbocycles. The number of rotatable bonds is 17. The largest absolute Gasteiger partial charge is 0.394 e. The number of carbonyl (C=O) groups excluding carboxylic acids is 1. The summed E-state index contributed by atoms with van der Waals surface area (Å²) in [5.74, 6) is 0. The van der Waals surface area contributed by atoms with Gasteiger partial charge in [0.25, 0.3) is 0 Å². The Bertz CT molecular complexity index is 310. The number of carbonyl (C=O) groups is 1. The van der Waals surface area contributed by atoms with Gasteiger partial charge in [-0.25, -0.2) is 0 Å². The van der Waals surface area contributed by atoms with Crippen LogP contribution in [0.2, 0.25) is 0 Å². The molecule has 0 fully saturated rings. The van der Waals surface area contributed by atoms with Gasteiger partial charge in [-0.1, -0.05) is 83.3 Å². The average Bonchev–Trinajstić information content (AvgIpc) is 2.59. The Morgan fingerprint density at radius 3 is 1.92 bits per heavy atom. The SMILES string of the molecule is CCCCCCCCCCCC[C@@H](O)/C=C/[C@@H](O)[C@H](CO)NC=O. The zero-order valence-corrected chi connectivity index (χ0v) is 15.2. The van der Waals surface area contributed by atoms with E-state index in [-0.39, 0.29) is 6.61 Å². The third-order valence-electron chi connectivity index (χ3n) is 4.27. The second kappa shape index (κ2) is 16.9. The van der Waals surface area contributed by atoms with Crippen LogP contribution in [0.5, 0.6) is 0 Å². The van der Waals surface area contributed by atoms with E-state index in [0.29, 0.717) is 12.8 Å². The molecule has 0 aromatic rings. The van der Waals surface area contributed by atoms with E-state index < -0.39 is 18.2 Å². The minimum absolute atomic E-state index is 0.348. The minimum Gasteiger partial charge on any atom is -0.394 e. The Labute approximate surface area is 147 Å². The van der Waals surface area contributed by atoms with Crippen LogP contribution < -0.4 is 5.32 Å². The number of amides is 1. The molecule has 24 heavy (non-hydrogen) atoms. The predicted molar refractivity (Wildman–Crippen MR) is 97.7 cm³/mol. The van der Waals surface area contributed by atoms with E-state index in [9.17, 15) is 15.0 Å². The smallest absolute Gasteiger partial charge is 0.207 e. The topological polar surface area (TPSA) is 89.8 Å². The number of hydrogen-bond donors (Lipinski definition) is 4. The molecule has 0 spiro atoms. The van der Waals surface area contributed by atoms with Crippen LogP contribution in [0.25, 0.3) is 0 Å². The number of unbranched alkanes of at least 4 members (excludes halogenated alkanes) is 9. The summed E-state index contributed by atoms with van der Waals surface area (Å²) in [6.07, 6.45) is 15.1. The summed E-state index contributed by atoms with van der Waals surface area (Å²) in [4.78, 5) is 10.3. The fourth-order valence-corrected chi connectivity index (χ4v) is 2.66. The Kier molecular flexibility index (Phi) is 16.3. The molecular formula is C19H37NO4. The highest BCUT2D eigenvalue weighted by atomic mass is 16.3. The second-order valence-electron chi connectivity index (χ2n) is 6.49. The van der Waals surface area contributed by atoms with Gasteiger partial charge >= 0.3 is 0 Å². The molecule has 142 valence electrons. The van der Waals surface area contributed by atoms with Gasteiger partial charge in [-0.2, -0.15) is 0 Å². The molecule has 1 amide bonds. The first-order valence-corrected chi connectivity index (χ1v) is 9.50. The standard InChI is InChI=1S/C19H37NO4/c1-2-3-4-5-6-7-8-9-10-11-12-17(23)13-14-19(24)18(15-21)20-16-22/h13-14,16-19,21,23-24H,2-12,15H2,1H3,(H,20,22)/b14-13+/t17-,18+,19-/m1/s1.